The predicted octanol–water partition coefficient (Wildman–Crippen LogP) is 10.3. The smallest absolute Gasteiger partial charge is 0.457 e. The Morgan fingerprint density at radius 3 is 1.40 bits per heavy atom. The summed E-state index contributed by atoms with van der Waals surface area (Å²) in [5.41, 5.74) is 5.33. The normalized spacial score (nSPS) is 15.0. The van der Waals surface area contributed by atoms with Crippen LogP contribution in [0.15, 0.2) is 122 Å². The average molecular weight is 714 g/mol. The maximum absolute atomic E-state index is 12.4. The van der Waals surface area contributed by atoms with Crippen LogP contribution in [0.2, 0.25) is 0 Å². The number of carbonyl (C=O) groups excluding carboxylic acids is 1. The first-order chi connectivity index (χ1) is 24.4. The van der Waals surface area contributed by atoms with E-state index in [9.17, 15) is 14.3 Å². The van der Waals surface area contributed by atoms with Crippen molar-refractivity contribution in [3.05, 3.63) is 122 Å². The van der Waals surface area contributed by atoms with Crippen LogP contribution in [-0.4, -0.2) is 49.9 Å². The minimum atomic E-state index is -4.32. The summed E-state index contributed by atoms with van der Waals surface area (Å²) < 4.78 is 33.0. The predicted molar refractivity (Wildman–Crippen MR) is 210 cm³/mol. The molecule has 0 aliphatic rings. The SMILES string of the molecule is CC/C=C\C/C=C\C/C=C\C/C=C\C/C=C\CCOCC(COP(=O)(O)OCCN)OC(=O)C/C=C\C/C=C\C/C=C\C/C=C\C/C=C\CC. The van der Waals surface area contributed by atoms with Gasteiger partial charge in [0.2, 0.25) is 0 Å². The lowest BCUT2D eigenvalue weighted by molar-refractivity contribution is -0.153. The van der Waals surface area contributed by atoms with E-state index in [-0.39, 0.29) is 32.8 Å². The van der Waals surface area contributed by atoms with Gasteiger partial charge in [-0.15, -0.1) is 0 Å². The van der Waals surface area contributed by atoms with Gasteiger partial charge in [-0.2, -0.15) is 0 Å². The zero-order valence-corrected chi connectivity index (χ0v) is 31.5. The minimum Gasteiger partial charge on any atom is -0.457 e. The van der Waals surface area contributed by atoms with Gasteiger partial charge in [-0.1, -0.05) is 135 Å². The topological polar surface area (TPSA) is 117 Å². The highest BCUT2D eigenvalue weighted by molar-refractivity contribution is 7.47. The molecule has 0 amide bonds. The van der Waals surface area contributed by atoms with E-state index in [0.717, 1.165) is 57.8 Å². The van der Waals surface area contributed by atoms with Crippen LogP contribution in [0.5, 0.6) is 0 Å². The molecule has 0 aliphatic heterocycles. The summed E-state index contributed by atoms with van der Waals surface area (Å²) in [4.78, 5) is 22.3. The van der Waals surface area contributed by atoms with Crippen molar-refractivity contribution in [3.8, 4) is 0 Å². The Hall–Kier alpha value is -3.10. The second-order valence-corrected chi connectivity index (χ2v) is 12.4. The van der Waals surface area contributed by atoms with E-state index >= 15 is 0 Å². The van der Waals surface area contributed by atoms with Crippen LogP contribution < -0.4 is 5.73 Å². The molecule has 8 nitrogen and oxygen atoms in total. The lowest BCUT2D eigenvalue weighted by atomic mass is 10.2. The molecule has 0 aliphatic carbocycles. The van der Waals surface area contributed by atoms with Gasteiger partial charge >= 0.3 is 13.8 Å². The first kappa shape index (κ1) is 46.9. The van der Waals surface area contributed by atoms with Gasteiger partial charge in [-0.05, 0) is 70.6 Å². The third kappa shape index (κ3) is 36.2. The Morgan fingerprint density at radius 1 is 0.580 bits per heavy atom. The number of hydrogen-bond acceptors (Lipinski definition) is 7. The second kappa shape index (κ2) is 37.2. The van der Waals surface area contributed by atoms with E-state index < -0.39 is 19.9 Å². The quantitative estimate of drug-likeness (QED) is 0.0306. The summed E-state index contributed by atoms with van der Waals surface area (Å²) in [6, 6.07) is 0. The van der Waals surface area contributed by atoms with Crippen molar-refractivity contribution < 1.29 is 32.8 Å². The molecular weight excluding hydrogens is 649 g/mol. The van der Waals surface area contributed by atoms with Crippen LogP contribution in [0, 0.1) is 0 Å². The van der Waals surface area contributed by atoms with Gasteiger partial charge < -0.3 is 20.1 Å². The number of carbonyl (C=O) groups is 1. The molecule has 0 radical (unpaired) electrons. The van der Waals surface area contributed by atoms with Gasteiger partial charge in [0.1, 0.15) is 6.10 Å². The number of esters is 1. The van der Waals surface area contributed by atoms with Crippen molar-refractivity contribution in [2.24, 2.45) is 5.73 Å². The molecule has 9 heteroatoms. The van der Waals surface area contributed by atoms with Crippen LogP contribution in [0.25, 0.3) is 0 Å². The highest BCUT2D eigenvalue weighted by Gasteiger charge is 2.24. The van der Waals surface area contributed by atoms with E-state index in [2.05, 4.69) is 111 Å². The first-order valence-electron chi connectivity index (χ1n) is 18.0. The summed E-state index contributed by atoms with van der Waals surface area (Å²) in [6.45, 7) is 4.26. The molecule has 0 rings (SSSR count). The summed E-state index contributed by atoms with van der Waals surface area (Å²) in [5.74, 6) is -0.489. The Kier molecular flexibility index (Phi) is 34.9. The Bertz CT molecular complexity index is 1160. The van der Waals surface area contributed by atoms with Crippen LogP contribution in [0.4, 0.5) is 0 Å². The third-order valence-electron chi connectivity index (χ3n) is 6.43. The van der Waals surface area contributed by atoms with Gasteiger partial charge in [-0.3, -0.25) is 13.8 Å². The number of phosphoric acid groups is 1. The average Bonchev–Trinajstić information content (AvgIpc) is 3.10. The van der Waals surface area contributed by atoms with Crippen molar-refractivity contribution in [1.29, 1.82) is 0 Å². The molecule has 0 aromatic carbocycles. The lowest BCUT2D eigenvalue weighted by Gasteiger charge is -2.19. The van der Waals surface area contributed by atoms with E-state index in [4.69, 9.17) is 24.3 Å². The molecule has 0 saturated heterocycles. The number of rotatable bonds is 32. The summed E-state index contributed by atoms with van der Waals surface area (Å²) in [6.07, 6.45) is 51.2. The van der Waals surface area contributed by atoms with E-state index in [1.807, 2.05) is 18.2 Å². The Morgan fingerprint density at radius 2 is 0.980 bits per heavy atom. The lowest BCUT2D eigenvalue weighted by Crippen LogP contribution is -2.28. The van der Waals surface area contributed by atoms with Gasteiger partial charge in [0.25, 0.3) is 0 Å². The monoisotopic (exact) mass is 713 g/mol. The standard InChI is InChI=1S/C41H64NO7P/c1-3-5-7-9-11-13-15-17-19-21-23-25-27-29-31-33-36-46-38-40(39-48-50(44,45)47-37-35-42)49-41(43)34-32-30-28-26-24-22-20-18-16-14-12-10-8-6-4-2/h5-8,11-14,17-20,23-26,29-32,40H,3-4,9-10,15-16,21-22,27-28,33-39,42H2,1-2H3,(H,44,45)/b7-5-,8-6-,13-11-,14-12-,19-17-,20-18-,25-23-,26-24-,31-29-,32-30-. The van der Waals surface area contributed by atoms with Gasteiger partial charge in [-0.25, -0.2) is 4.57 Å². The molecule has 0 saturated carbocycles. The van der Waals surface area contributed by atoms with Crippen LogP contribution in [-0.2, 0) is 27.9 Å². The molecule has 50 heavy (non-hydrogen) atoms. The highest BCUT2D eigenvalue weighted by Crippen LogP contribution is 2.43. The molecular formula is C41H64NO7P. The molecule has 0 spiro atoms. The molecule has 0 heterocycles. The second-order valence-electron chi connectivity index (χ2n) is 11.0. The van der Waals surface area contributed by atoms with Crippen molar-refractivity contribution in [1.82, 2.24) is 0 Å². The minimum absolute atomic E-state index is 0.0129. The number of hydrogen-bond donors (Lipinski definition) is 2. The largest absolute Gasteiger partial charge is 0.472 e. The van der Waals surface area contributed by atoms with Gasteiger partial charge in [0.05, 0.1) is 32.8 Å². The van der Waals surface area contributed by atoms with Crippen molar-refractivity contribution >= 4 is 13.8 Å². The maximum atomic E-state index is 12.4. The number of phosphoric ester groups is 1. The molecule has 280 valence electrons. The van der Waals surface area contributed by atoms with E-state index in [1.54, 1.807) is 6.08 Å². The molecule has 0 fully saturated rings. The summed E-state index contributed by atoms with van der Waals surface area (Å²) in [5, 5.41) is 0. The number of nitrogens with two attached hydrogens (primary N) is 1. The van der Waals surface area contributed by atoms with E-state index in [1.165, 1.54) is 0 Å². The van der Waals surface area contributed by atoms with E-state index in [0.29, 0.717) is 19.4 Å². The summed E-state index contributed by atoms with van der Waals surface area (Å²) >= 11 is 0. The Labute approximate surface area is 303 Å². The van der Waals surface area contributed by atoms with Crippen LogP contribution >= 0.6 is 7.82 Å². The summed E-state index contributed by atoms with van der Waals surface area (Å²) in [7, 11) is -4.32. The third-order valence-corrected chi connectivity index (χ3v) is 7.41. The number of allylic oxidation sites excluding steroid dienone is 18. The fourth-order valence-corrected chi connectivity index (χ4v) is 4.66. The first-order valence-corrected chi connectivity index (χ1v) is 19.5. The van der Waals surface area contributed by atoms with Gasteiger partial charge in [0.15, 0.2) is 0 Å². The maximum Gasteiger partial charge on any atom is 0.472 e. The fourth-order valence-electron chi connectivity index (χ4n) is 3.90. The van der Waals surface area contributed by atoms with Crippen LogP contribution in [0.1, 0.15) is 90.9 Å². The molecule has 0 aromatic heterocycles. The Balaban J connectivity index is 4.44. The molecule has 0 bridgehead atoms. The zero-order chi connectivity index (χ0) is 36.6. The molecule has 2 atom stereocenters. The van der Waals surface area contributed by atoms with Crippen molar-refractivity contribution in [3.63, 3.8) is 0 Å². The van der Waals surface area contributed by atoms with Crippen molar-refractivity contribution in [2.75, 3.05) is 33.0 Å². The molecule has 0 aromatic rings. The zero-order valence-electron chi connectivity index (χ0n) is 30.6. The highest BCUT2D eigenvalue weighted by atomic mass is 31.2. The van der Waals surface area contributed by atoms with Crippen LogP contribution in [0.3, 0.4) is 0 Å². The number of ether oxygens (including phenoxy) is 2. The van der Waals surface area contributed by atoms with Crippen molar-refractivity contribution in [2.45, 2.75) is 97.0 Å². The fraction of sp³-hybridized carbons (Fsp3) is 0.488. The molecule has 3 N–H and O–H groups in total. The van der Waals surface area contributed by atoms with Gasteiger partial charge in [0, 0.05) is 6.54 Å². The molecule has 2 unspecified atom stereocenters.